The van der Waals surface area contributed by atoms with E-state index in [0.717, 1.165) is 28.0 Å². The van der Waals surface area contributed by atoms with Crippen molar-refractivity contribution in [2.45, 2.75) is 0 Å². The molecule has 0 aliphatic carbocycles. The third kappa shape index (κ3) is 2.92. The van der Waals surface area contributed by atoms with Crippen LogP contribution in [0.3, 0.4) is 0 Å². The van der Waals surface area contributed by atoms with Gasteiger partial charge in [0.25, 0.3) is 0 Å². The summed E-state index contributed by atoms with van der Waals surface area (Å²) in [7, 11) is 0. The Balaban J connectivity index is 1.86. The largest absolute Gasteiger partial charge is 0.340 e. The normalized spacial score (nSPS) is 10.7. The van der Waals surface area contributed by atoms with Crippen LogP contribution >= 0.6 is 11.6 Å². The van der Waals surface area contributed by atoms with E-state index in [0.29, 0.717) is 10.8 Å². The average molecular weight is 333 g/mol. The van der Waals surface area contributed by atoms with Gasteiger partial charge in [-0.25, -0.2) is 9.97 Å². The Morgan fingerprint density at radius 1 is 0.875 bits per heavy atom. The molecule has 0 spiro atoms. The maximum Gasteiger partial charge on any atom is 0.163 e. The molecule has 0 saturated carbocycles. The Bertz CT molecular complexity index is 1000. The molecule has 5 heteroatoms. The van der Waals surface area contributed by atoms with E-state index in [1.54, 1.807) is 12.4 Å². The van der Waals surface area contributed by atoms with Crippen molar-refractivity contribution >= 4 is 34.0 Å². The van der Waals surface area contributed by atoms with Crippen LogP contribution < -0.4 is 5.32 Å². The van der Waals surface area contributed by atoms with Crippen molar-refractivity contribution in [2.24, 2.45) is 0 Å². The first-order valence-corrected chi connectivity index (χ1v) is 7.87. The lowest BCUT2D eigenvalue weighted by Gasteiger charge is -2.11. The average Bonchev–Trinajstić information content (AvgIpc) is 2.62. The predicted molar refractivity (Wildman–Crippen MR) is 97.5 cm³/mol. The second-order valence-corrected chi connectivity index (χ2v) is 5.73. The third-order valence-electron chi connectivity index (χ3n) is 3.61. The molecule has 0 aliphatic heterocycles. The maximum atomic E-state index is 6.08. The minimum Gasteiger partial charge on any atom is -0.340 e. The van der Waals surface area contributed by atoms with Gasteiger partial charge in [0, 0.05) is 34.1 Å². The minimum atomic E-state index is 0.631. The zero-order valence-corrected chi connectivity index (χ0v) is 13.4. The van der Waals surface area contributed by atoms with Gasteiger partial charge in [-0.3, -0.25) is 4.98 Å². The standard InChI is InChI=1S/C19H13ClN4/c20-14-6-3-7-15(11-14)22-19-16-8-1-2-9-17(16)23-18(24-19)13-5-4-10-21-12-13/h1-12H,(H,22,23,24). The number of halogens is 1. The highest BCUT2D eigenvalue weighted by molar-refractivity contribution is 6.30. The van der Waals surface area contributed by atoms with Gasteiger partial charge in [0.2, 0.25) is 0 Å². The van der Waals surface area contributed by atoms with Crippen molar-refractivity contribution in [3.63, 3.8) is 0 Å². The van der Waals surface area contributed by atoms with Gasteiger partial charge >= 0.3 is 0 Å². The number of benzene rings is 2. The fourth-order valence-electron chi connectivity index (χ4n) is 2.50. The highest BCUT2D eigenvalue weighted by Crippen LogP contribution is 2.27. The zero-order valence-electron chi connectivity index (χ0n) is 12.6. The molecule has 0 fully saturated rings. The van der Waals surface area contributed by atoms with Crippen molar-refractivity contribution in [2.75, 3.05) is 5.32 Å². The summed E-state index contributed by atoms with van der Waals surface area (Å²) in [6, 6.07) is 19.3. The lowest BCUT2D eigenvalue weighted by atomic mass is 10.2. The Hall–Kier alpha value is -2.98. The quantitative estimate of drug-likeness (QED) is 0.567. The smallest absolute Gasteiger partial charge is 0.163 e. The highest BCUT2D eigenvalue weighted by atomic mass is 35.5. The first kappa shape index (κ1) is 14.6. The molecule has 0 saturated heterocycles. The van der Waals surface area contributed by atoms with Gasteiger partial charge in [0.1, 0.15) is 5.82 Å². The lowest BCUT2D eigenvalue weighted by Crippen LogP contribution is -1.99. The van der Waals surface area contributed by atoms with Crippen LogP contribution in [0.2, 0.25) is 5.02 Å². The van der Waals surface area contributed by atoms with E-state index in [4.69, 9.17) is 16.6 Å². The molecule has 0 bridgehead atoms. The topological polar surface area (TPSA) is 50.7 Å². The van der Waals surface area contributed by atoms with E-state index in [-0.39, 0.29) is 0 Å². The van der Waals surface area contributed by atoms with Gasteiger partial charge in [0.15, 0.2) is 5.82 Å². The van der Waals surface area contributed by atoms with Crippen LogP contribution in [0.4, 0.5) is 11.5 Å². The van der Waals surface area contributed by atoms with Crippen molar-refractivity contribution < 1.29 is 0 Å². The first-order chi connectivity index (χ1) is 11.8. The molecule has 4 rings (SSSR count). The predicted octanol–water partition coefficient (Wildman–Crippen LogP) is 5.09. The fourth-order valence-corrected chi connectivity index (χ4v) is 2.69. The molecular weight excluding hydrogens is 320 g/mol. The van der Waals surface area contributed by atoms with Gasteiger partial charge in [-0.2, -0.15) is 0 Å². The number of hydrogen-bond donors (Lipinski definition) is 1. The summed E-state index contributed by atoms with van der Waals surface area (Å²) in [5.41, 5.74) is 2.62. The van der Waals surface area contributed by atoms with Crippen LogP contribution in [-0.2, 0) is 0 Å². The minimum absolute atomic E-state index is 0.631. The Labute approximate surface area is 144 Å². The number of fused-ring (bicyclic) bond motifs is 1. The second kappa shape index (κ2) is 6.26. The molecule has 4 nitrogen and oxygen atoms in total. The number of para-hydroxylation sites is 1. The van der Waals surface area contributed by atoms with Crippen molar-refractivity contribution in [3.05, 3.63) is 78.1 Å². The fraction of sp³-hybridized carbons (Fsp3) is 0. The molecule has 4 aromatic rings. The van der Waals surface area contributed by atoms with Crippen LogP contribution in [0.1, 0.15) is 0 Å². The number of pyridine rings is 1. The number of hydrogen-bond acceptors (Lipinski definition) is 4. The van der Waals surface area contributed by atoms with Gasteiger partial charge in [-0.1, -0.05) is 29.8 Å². The summed E-state index contributed by atoms with van der Waals surface area (Å²) in [6.07, 6.45) is 3.49. The SMILES string of the molecule is Clc1cccc(Nc2nc(-c3cccnc3)nc3ccccc23)c1. The van der Waals surface area contributed by atoms with Crippen molar-refractivity contribution in [3.8, 4) is 11.4 Å². The molecule has 0 atom stereocenters. The van der Waals surface area contributed by atoms with Gasteiger partial charge in [0.05, 0.1) is 5.52 Å². The number of anilines is 2. The molecule has 2 heterocycles. The monoisotopic (exact) mass is 332 g/mol. The van der Waals surface area contributed by atoms with Gasteiger partial charge in [-0.05, 0) is 42.5 Å². The molecule has 116 valence electrons. The molecule has 0 unspecified atom stereocenters. The Morgan fingerprint density at radius 2 is 1.79 bits per heavy atom. The summed E-state index contributed by atoms with van der Waals surface area (Å²) in [4.78, 5) is 13.5. The van der Waals surface area contributed by atoms with E-state index in [9.17, 15) is 0 Å². The van der Waals surface area contributed by atoms with E-state index in [2.05, 4.69) is 15.3 Å². The lowest BCUT2D eigenvalue weighted by molar-refractivity contribution is 1.20. The molecular formula is C19H13ClN4. The van der Waals surface area contributed by atoms with Crippen molar-refractivity contribution in [1.82, 2.24) is 15.0 Å². The number of rotatable bonds is 3. The second-order valence-electron chi connectivity index (χ2n) is 5.29. The molecule has 0 radical (unpaired) electrons. The summed E-state index contributed by atoms with van der Waals surface area (Å²) in [5.74, 6) is 1.37. The number of nitrogens with one attached hydrogen (secondary N) is 1. The molecule has 2 aromatic carbocycles. The summed E-state index contributed by atoms with van der Waals surface area (Å²) < 4.78 is 0. The van der Waals surface area contributed by atoms with E-state index < -0.39 is 0 Å². The number of aromatic nitrogens is 3. The zero-order chi connectivity index (χ0) is 16.4. The molecule has 0 amide bonds. The summed E-state index contributed by atoms with van der Waals surface area (Å²) in [5, 5.41) is 4.96. The molecule has 24 heavy (non-hydrogen) atoms. The summed E-state index contributed by atoms with van der Waals surface area (Å²) >= 11 is 6.08. The number of nitrogens with zero attached hydrogens (tertiary/aromatic N) is 3. The Kier molecular flexibility index (Phi) is 3.81. The van der Waals surface area contributed by atoms with Crippen LogP contribution in [0.5, 0.6) is 0 Å². The Morgan fingerprint density at radius 3 is 2.62 bits per heavy atom. The van der Waals surface area contributed by atoms with Crippen LogP contribution in [-0.4, -0.2) is 15.0 Å². The highest BCUT2D eigenvalue weighted by Gasteiger charge is 2.09. The van der Waals surface area contributed by atoms with Crippen molar-refractivity contribution in [1.29, 1.82) is 0 Å². The van der Waals surface area contributed by atoms with E-state index in [1.165, 1.54) is 0 Å². The van der Waals surface area contributed by atoms with E-state index >= 15 is 0 Å². The summed E-state index contributed by atoms with van der Waals surface area (Å²) in [6.45, 7) is 0. The van der Waals surface area contributed by atoms with Crippen LogP contribution in [0, 0.1) is 0 Å². The van der Waals surface area contributed by atoms with E-state index in [1.807, 2.05) is 60.7 Å². The third-order valence-corrected chi connectivity index (χ3v) is 3.85. The van der Waals surface area contributed by atoms with Crippen LogP contribution in [0.15, 0.2) is 73.1 Å². The molecule has 1 N–H and O–H groups in total. The molecule has 0 aliphatic rings. The van der Waals surface area contributed by atoms with Gasteiger partial charge < -0.3 is 5.32 Å². The molecule has 2 aromatic heterocycles. The first-order valence-electron chi connectivity index (χ1n) is 7.49. The van der Waals surface area contributed by atoms with Crippen LogP contribution in [0.25, 0.3) is 22.3 Å². The van der Waals surface area contributed by atoms with Gasteiger partial charge in [-0.15, -0.1) is 0 Å². The maximum absolute atomic E-state index is 6.08.